The second-order valence-electron chi connectivity index (χ2n) is 15.7. The van der Waals surface area contributed by atoms with Crippen LogP contribution in [0.1, 0.15) is 123 Å². The van der Waals surface area contributed by atoms with Crippen LogP contribution >= 0.6 is 47.0 Å². The van der Waals surface area contributed by atoms with Crippen LogP contribution in [0.25, 0.3) is 11.6 Å². The number of rotatable bonds is 22. The van der Waals surface area contributed by atoms with E-state index in [0.717, 1.165) is 123 Å². The zero-order valence-corrected chi connectivity index (χ0v) is 41.9. The summed E-state index contributed by atoms with van der Waals surface area (Å²) in [5.41, 5.74) is 1.20. The first-order valence-corrected chi connectivity index (χ1v) is 27.0. The number of aryl methyl sites for hydroxylation is 3. The minimum absolute atomic E-state index is 0.452. The van der Waals surface area contributed by atoms with E-state index >= 15 is 0 Å². The van der Waals surface area contributed by atoms with E-state index in [1.54, 1.807) is 54.1 Å². The van der Waals surface area contributed by atoms with Crippen LogP contribution in [0.3, 0.4) is 0 Å². The van der Waals surface area contributed by atoms with Gasteiger partial charge in [0.05, 0.1) is 20.1 Å². The lowest BCUT2D eigenvalue weighted by molar-refractivity contribution is -0.684. The Labute approximate surface area is 388 Å². The van der Waals surface area contributed by atoms with Crippen molar-refractivity contribution in [1.82, 2.24) is 63.0 Å². The van der Waals surface area contributed by atoms with Gasteiger partial charge in [-0.3, -0.25) is 4.99 Å². The lowest BCUT2D eigenvalue weighted by atomic mass is 10.3. The summed E-state index contributed by atoms with van der Waals surface area (Å²) in [4.78, 5) is 49.5. The highest BCUT2D eigenvalue weighted by Gasteiger charge is 2.41. The van der Waals surface area contributed by atoms with Gasteiger partial charge in [-0.2, -0.15) is 33.8 Å². The maximum Gasteiger partial charge on any atom is 0.422 e. The number of aromatic amines is 1. The zero-order valence-electron chi connectivity index (χ0n) is 38.6. The summed E-state index contributed by atoms with van der Waals surface area (Å²) in [6.45, 7) is 15.3. The predicted octanol–water partition coefficient (Wildman–Crippen LogP) is 5.18. The van der Waals surface area contributed by atoms with E-state index in [1.807, 2.05) is 0 Å². The number of hydrogen-bond acceptors (Lipinski definition) is 15. The molecule has 0 saturated carbocycles. The van der Waals surface area contributed by atoms with Crippen LogP contribution in [0, 0.1) is 6.92 Å². The Balaban J connectivity index is 1.48. The molecule has 342 valence electrons. The predicted molar refractivity (Wildman–Crippen MR) is 253 cm³/mol. The van der Waals surface area contributed by atoms with Gasteiger partial charge in [0.2, 0.25) is 16.6 Å². The number of thioether (sulfide) groups is 4. The van der Waals surface area contributed by atoms with Gasteiger partial charge in [0, 0.05) is 43.4 Å². The van der Waals surface area contributed by atoms with Gasteiger partial charge in [-0.1, -0.05) is 153 Å². The van der Waals surface area contributed by atoms with E-state index < -0.39 is 0 Å². The van der Waals surface area contributed by atoms with Crippen LogP contribution in [0.4, 0.5) is 11.9 Å². The topological polar surface area (TPSA) is 162 Å². The highest BCUT2D eigenvalue weighted by Crippen LogP contribution is 2.24. The SMILES string of the molecule is CCCCCSc1nc(CC)nc(N2CC[N+]3=c4nc(SCCCCC)[nH+]c5n(C)n6c(SCCCCC)nc(=NC)nc6n(n45)CCN3c3nc(SCCCCC)nc(C)[n+]32)n1. The second-order valence-corrected chi connectivity index (χ2v) is 20.0. The van der Waals surface area contributed by atoms with Crippen molar-refractivity contribution >= 4 is 70.5 Å². The monoisotopic (exact) mass is 939 g/mol. The molecule has 0 aliphatic carbocycles. The molecule has 1 N–H and O–H groups in total. The molecule has 7 heterocycles. The Morgan fingerprint density at radius 1 is 0.651 bits per heavy atom. The molecule has 2 aliphatic heterocycles. The summed E-state index contributed by atoms with van der Waals surface area (Å²) in [6, 6.07) is 0. The fraction of sp³-hybridized carbons (Fsp3) is 0.707. The van der Waals surface area contributed by atoms with Crippen molar-refractivity contribution in [3.63, 3.8) is 0 Å². The number of fused-ring (bicyclic) bond motifs is 5. The van der Waals surface area contributed by atoms with E-state index in [0.29, 0.717) is 44.2 Å². The molecule has 18 nitrogen and oxygen atoms in total. The third kappa shape index (κ3) is 10.9. The van der Waals surface area contributed by atoms with E-state index in [1.165, 1.54) is 32.1 Å². The molecule has 0 unspecified atom stereocenters. The van der Waals surface area contributed by atoms with Crippen LogP contribution in [0.5, 0.6) is 0 Å². The van der Waals surface area contributed by atoms with Crippen LogP contribution < -0.4 is 35.6 Å². The number of unbranched alkanes of at least 4 members (excludes halogenated alkanes) is 8. The summed E-state index contributed by atoms with van der Waals surface area (Å²) in [7, 11) is 3.84. The van der Waals surface area contributed by atoms with E-state index in [9.17, 15) is 0 Å². The Hall–Kier alpha value is -3.76. The molecule has 0 saturated heterocycles. The Bertz CT molecular complexity index is 2510. The summed E-state index contributed by atoms with van der Waals surface area (Å²) in [6.07, 6.45) is 14.5. The third-order valence-corrected chi connectivity index (χ3v) is 14.8. The summed E-state index contributed by atoms with van der Waals surface area (Å²) < 4.78 is 13.1. The summed E-state index contributed by atoms with van der Waals surface area (Å²) >= 11 is 6.95. The molecular weight excluding hydrogens is 873 g/mol. The number of hydrazine groups is 1. The Morgan fingerprint density at radius 2 is 1.30 bits per heavy atom. The minimum Gasteiger partial charge on any atom is -0.253 e. The highest BCUT2D eigenvalue weighted by atomic mass is 32.2. The number of H-pyrrole nitrogens is 1. The first kappa shape index (κ1) is 47.2. The van der Waals surface area contributed by atoms with Crippen LogP contribution in [-0.2, 0) is 20.0 Å². The van der Waals surface area contributed by atoms with Gasteiger partial charge >= 0.3 is 22.5 Å². The molecule has 2 aliphatic rings. The Kier molecular flexibility index (Phi) is 17.2. The van der Waals surface area contributed by atoms with Crippen molar-refractivity contribution < 1.29 is 9.66 Å². The first-order chi connectivity index (χ1) is 30.8. The maximum atomic E-state index is 5.49. The number of hydrogen-bond donors (Lipinski definition) is 0. The van der Waals surface area contributed by atoms with Gasteiger partial charge < -0.3 is 0 Å². The van der Waals surface area contributed by atoms with Crippen LogP contribution in [0.2, 0.25) is 0 Å². The largest absolute Gasteiger partial charge is 0.422 e. The van der Waals surface area contributed by atoms with Gasteiger partial charge in [0.15, 0.2) is 5.16 Å². The summed E-state index contributed by atoms with van der Waals surface area (Å²) in [5.74, 6) is 8.32. The van der Waals surface area contributed by atoms with Crippen molar-refractivity contribution in [2.24, 2.45) is 12.0 Å². The fourth-order valence-electron chi connectivity index (χ4n) is 7.59. The molecule has 0 radical (unpaired) electrons. The minimum atomic E-state index is 0.452. The highest BCUT2D eigenvalue weighted by molar-refractivity contribution is 7.99. The van der Waals surface area contributed by atoms with Gasteiger partial charge in [0.1, 0.15) is 18.9 Å². The standard InChI is InChI=1S/C41H66N18S4/c1-9-14-18-26-60-34-43-30(6)57-39(50-34)54-24-25-56-38-46-32(42-7)47-41(63-29-21-17-12-4)59(38)52(8)37-49-36(62-28-20-16-11-3)51-40(58(37)56)55(54)23-22-53(57)33-44-31(13-5)45-35(48-33)61-27-19-15-10-2/h9-29H2,1-8H3/q+2/p+1. The Morgan fingerprint density at radius 3 is 1.95 bits per heavy atom. The quantitative estimate of drug-likeness (QED) is 0.0387. The smallest absolute Gasteiger partial charge is 0.253 e. The van der Waals surface area contributed by atoms with E-state index in [4.69, 9.17) is 39.9 Å². The molecule has 0 bridgehead atoms. The van der Waals surface area contributed by atoms with Crippen LogP contribution in [-0.4, -0.2) is 108 Å². The molecule has 7 rings (SSSR count). The molecule has 5 aromatic heterocycles. The normalized spacial score (nSPS) is 14.2. The third-order valence-electron chi connectivity index (χ3n) is 11.0. The second kappa shape index (κ2) is 22.9. The number of nitrogens with zero attached hydrogens (tertiary/aromatic N) is 17. The average Bonchev–Trinajstić information content (AvgIpc) is 3.56. The van der Waals surface area contributed by atoms with Gasteiger partial charge in [0.25, 0.3) is 16.9 Å². The molecule has 0 fully saturated rings. The first-order valence-electron chi connectivity index (χ1n) is 23.1. The molecule has 0 aromatic carbocycles. The maximum absolute atomic E-state index is 5.49. The molecule has 22 heteroatoms. The molecule has 5 aromatic rings. The van der Waals surface area contributed by atoms with E-state index in [-0.39, 0.29) is 0 Å². The lowest BCUT2D eigenvalue weighted by Gasteiger charge is -2.22. The van der Waals surface area contributed by atoms with Gasteiger partial charge in [-0.05, 0) is 25.7 Å². The van der Waals surface area contributed by atoms with Crippen molar-refractivity contribution in [1.29, 1.82) is 0 Å². The fourth-order valence-corrected chi connectivity index (χ4v) is 11.2. The van der Waals surface area contributed by atoms with Crippen molar-refractivity contribution in [3.05, 3.63) is 22.9 Å². The number of nitrogens with one attached hydrogen (secondary N) is 1. The van der Waals surface area contributed by atoms with Crippen LogP contribution in [0.15, 0.2) is 25.6 Å². The molecule has 0 spiro atoms. The van der Waals surface area contributed by atoms with Gasteiger partial charge in [-0.15, -0.1) is 14.4 Å². The summed E-state index contributed by atoms with van der Waals surface area (Å²) in [5, 5.41) is 7.63. The van der Waals surface area contributed by atoms with Gasteiger partial charge in [-0.25, -0.2) is 15.0 Å². The van der Waals surface area contributed by atoms with Crippen molar-refractivity contribution in [2.75, 3.05) is 59.7 Å². The lowest BCUT2D eigenvalue weighted by Crippen LogP contribution is -2.60. The number of anilines is 2. The molecule has 0 atom stereocenters. The van der Waals surface area contributed by atoms with Crippen molar-refractivity contribution in [3.8, 4) is 0 Å². The van der Waals surface area contributed by atoms with Crippen molar-refractivity contribution in [2.45, 2.75) is 152 Å². The average molecular weight is 940 g/mol. The molecular formula is C41H67N18S4+3. The molecule has 0 amide bonds. The zero-order chi connectivity index (χ0) is 44.3. The van der Waals surface area contributed by atoms with E-state index in [2.05, 4.69) is 96.3 Å². The number of aromatic nitrogens is 14. The molecule has 63 heavy (non-hydrogen) atoms.